The van der Waals surface area contributed by atoms with Crippen molar-refractivity contribution in [2.24, 2.45) is 0 Å². The molecule has 0 spiro atoms. The van der Waals surface area contributed by atoms with E-state index in [4.69, 9.17) is 16.3 Å². The molecule has 0 saturated carbocycles. The van der Waals surface area contributed by atoms with Gasteiger partial charge in [-0.1, -0.05) is 35.9 Å². The van der Waals surface area contributed by atoms with Crippen LogP contribution in [0.2, 0.25) is 5.02 Å². The summed E-state index contributed by atoms with van der Waals surface area (Å²) in [6.07, 6.45) is 1.15. The molecule has 0 radical (unpaired) electrons. The summed E-state index contributed by atoms with van der Waals surface area (Å²) in [5.74, 6) is 0.638. The van der Waals surface area contributed by atoms with Gasteiger partial charge in [0.1, 0.15) is 5.75 Å². The summed E-state index contributed by atoms with van der Waals surface area (Å²) in [6, 6.07) is 14.8. The third kappa shape index (κ3) is 4.80. The summed E-state index contributed by atoms with van der Waals surface area (Å²) in [6.45, 7) is 2.17. The first kappa shape index (κ1) is 19.2. The first-order chi connectivity index (χ1) is 13.1. The third-order valence-corrected chi connectivity index (χ3v) is 5.05. The van der Waals surface area contributed by atoms with Gasteiger partial charge in [-0.15, -0.1) is 0 Å². The van der Waals surface area contributed by atoms with Crippen LogP contribution in [0.25, 0.3) is 0 Å². The summed E-state index contributed by atoms with van der Waals surface area (Å²) in [4.78, 5) is 28.8. The fourth-order valence-corrected chi connectivity index (χ4v) is 3.34. The number of piperazine rings is 1. The molecule has 1 fully saturated rings. The van der Waals surface area contributed by atoms with Gasteiger partial charge in [0.2, 0.25) is 5.91 Å². The number of halogens is 1. The van der Waals surface area contributed by atoms with Crippen molar-refractivity contribution in [2.45, 2.75) is 12.8 Å². The van der Waals surface area contributed by atoms with Gasteiger partial charge in [-0.25, -0.2) is 0 Å². The minimum absolute atomic E-state index is 0.0549. The minimum atomic E-state index is -0.0549. The summed E-state index contributed by atoms with van der Waals surface area (Å²) >= 11 is 5.88. The quantitative estimate of drug-likeness (QED) is 0.792. The minimum Gasteiger partial charge on any atom is -0.496 e. The number of methoxy groups -OCH3 is 1. The zero-order valence-corrected chi connectivity index (χ0v) is 16.1. The molecule has 0 aromatic heterocycles. The zero-order chi connectivity index (χ0) is 19.2. The van der Waals surface area contributed by atoms with Crippen LogP contribution >= 0.6 is 11.6 Å². The van der Waals surface area contributed by atoms with E-state index in [-0.39, 0.29) is 11.8 Å². The standard InChI is InChI=1S/C21H23ClN2O3/c1-27-19-5-3-2-4-18(19)21(26)24-14-12-23(13-15-24)20(25)11-8-16-6-9-17(22)10-7-16/h2-7,9-10H,8,11-15H2,1H3. The maximum absolute atomic E-state index is 12.7. The smallest absolute Gasteiger partial charge is 0.257 e. The lowest BCUT2D eigenvalue weighted by molar-refractivity contribution is -0.132. The highest BCUT2D eigenvalue weighted by Gasteiger charge is 2.26. The van der Waals surface area contributed by atoms with Crippen LogP contribution in [0.3, 0.4) is 0 Å². The number of benzene rings is 2. The molecule has 0 N–H and O–H groups in total. The molecule has 5 nitrogen and oxygen atoms in total. The summed E-state index contributed by atoms with van der Waals surface area (Å²) in [5, 5.41) is 0.695. The zero-order valence-electron chi connectivity index (χ0n) is 15.4. The fourth-order valence-electron chi connectivity index (χ4n) is 3.21. The van der Waals surface area contributed by atoms with Crippen LogP contribution in [0, 0.1) is 0 Å². The van der Waals surface area contributed by atoms with E-state index < -0.39 is 0 Å². The lowest BCUT2D eigenvalue weighted by Gasteiger charge is -2.35. The molecule has 2 aromatic rings. The van der Waals surface area contributed by atoms with Crippen molar-refractivity contribution in [3.63, 3.8) is 0 Å². The van der Waals surface area contributed by atoms with Gasteiger partial charge in [0, 0.05) is 37.6 Å². The fraction of sp³-hybridized carbons (Fsp3) is 0.333. The molecule has 1 aliphatic heterocycles. The molecule has 0 unspecified atom stereocenters. The Morgan fingerprint density at radius 3 is 2.26 bits per heavy atom. The van der Waals surface area contributed by atoms with Crippen molar-refractivity contribution < 1.29 is 14.3 Å². The number of ether oxygens (including phenoxy) is 1. The monoisotopic (exact) mass is 386 g/mol. The number of carbonyl (C=O) groups is 2. The molecule has 27 heavy (non-hydrogen) atoms. The average Bonchev–Trinajstić information content (AvgIpc) is 2.72. The molecule has 2 aromatic carbocycles. The first-order valence-corrected chi connectivity index (χ1v) is 9.41. The van der Waals surface area contributed by atoms with E-state index >= 15 is 0 Å². The van der Waals surface area contributed by atoms with Crippen LogP contribution in [0.1, 0.15) is 22.3 Å². The highest BCUT2D eigenvalue weighted by Crippen LogP contribution is 2.20. The van der Waals surface area contributed by atoms with Crippen molar-refractivity contribution in [3.8, 4) is 5.75 Å². The van der Waals surface area contributed by atoms with Crippen LogP contribution in [-0.4, -0.2) is 54.9 Å². The Morgan fingerprint density at radius 1 is 0.963 bits per heavy atom. The number of carbonyl (C=O) groups excluding carboxylic acids is 2. The molecule has 0 bridgehead atoms. The lowest BCUT2D eigenvalue weighted by Crippen LogP contribution is -2.50. The predicted octanol–water partition coefficient (Wildman–Crippen LogP) is 3.27. The SMILES string of the molecule is COc1ccccc1C(=O)N1CCN(C(=O)CCc2ccc(Cl)cc2)CC1. The highest BCUT2D eigenvalue weighted by atomic mass is 35.5. The number of para-hydroxylation sites is 1. The number of nitrogens with zero attached hydrogens (tertiary/aromatic N) is 2. The van der Waals surface area contributed by atoms with Gasteiger partial charge in [0.05, 0.1) is 12.7 Å². The van der Waals surface area contributed by atoms with Crippen LogP contribution in [0.4, 0.5) is 0 Å². The molecule has 1 saturated heterocycles. The van der Waals surface area contributed by atoms with Gasteiger partial charge in [0.25, 0.3) is 5.91 Å². The van der Waals surface area contributed by atoms with Crippen LogP contribution in [0.15, 0.2) is 48.5 Å². The molecular formula is C21H23ClN2O3. The Bertz CT molecular complexity index is 799. The second-order valence-electron chi connectivity index (χ2n) is 6.50. The van der Waals surface area contributed by atoms with E-state index in [0.29, 0.717) is 55.4 Å². The molecule has 6 heteroatoms. The Labute approximate surface area is 164 Å². The van der Waals surface area contributed by atoms with Gasteiger partial charge < -0.3 is 14.5 Å². The highest BCUT2D eigenvalue weighted by molar-refractivity contribution is 6.30. The van der Waals surface area contributed by atoms with E-state index in [1.807, 2.05) is 41.3 Å². The van der Waals surface area contributed by atoms with E-state index in [1.165, 1.54) is 0 Å². The largest absolute Gasteiger partial charge is 0.496 e. The van der Waals surface area contributed by atoms with E-state index in [9.17, 15) is 9.59 Å². The number of rotatable bonds is 5. The Hall–Kier alpha value is -2.53. The molecule has 1 aliphatic rings. The third-order valence-electron chi connectivity index (χ3n) is 4.80. The lowest BCUT2D eigenvalue weighted by atomic mass is 10.1. The van der Waals surface area contributed by atoms with Crippen molar-refractivity contribution >= 4 is 23.4 Å². The summed E-state index contributed by atoms with van der Waals surface area (Å²) < 4.78 is 5.28. The number of hydrogen-bond donors (Lipinski definition) is 0. The summed E-state index contributed by atoms with van der Waals surface area (Å²) in [7, 11) is 1.56. The second-order valence-corrected chi connectivity index (χ2v) is 6.94. The Kier molecular flexibility index (Phi) is 6.35. The Morgan fingerprint density at radius 2 is 1.59 bits per heavy atom. The van der Waals surface area contributed by atoms with Crippen molar-refractivity contribution in [1.29, 1.82) is 0 Å². The van der Waals surface area contributed by atoms with Crippen molar-refractivity contribution in [2.75, 3.05) is 33.3 Å². The normalized spacial score (nSPS) is 14.1. The van der Waals surface area contributed by atoms with Crippen molar-refractivity contribution in [1.82, 2.24) is 9.80 Å². The molecular weight excluding hydrogens is 364 g/mol. The van der Waals surface area contributed by atoms with Gasteiger partial charge in [-0.05, 0) is 36.2 Å². The van der Waals surface area contributed by atoms with E-state index in [1.54, 1.807) is 24.1 Å². The topological polar surface area (TPSA) is 49.9 Å². The van der Waals surface area contributed by atoms with Gasteiger partial charge in [0.15, 0.2) is 0 Å². The summed E-state index contributed by atoms with van der Waals surface area (Å²) in [5.41, 5.74) is 1.65. The van der Waals surface area contributed by atoms with E-state index in [0.717, 1.165) is 5.56 Å². The average molecular weight is 387 g/mol. The van der Waals surface area contributed by atoms with Crippen LogP contribution in [-0.2, 0) is 11.2 Å². The van der Waals surface area contributed by atoms with Gasteiger partial charge >= 0.3 is 0 Å². The molecule has 2 amide bonds. The van der Waals surface area contributed by atoms with Gasteiger partial charge in [-0.3, -0.25) is 9.59 Å². The van der Waals surface area contributed by atoms with E-state index in [2.05, 4.69) is 0 Å². The van der Waals surface area contributed by atoms with Crippen LogP contribution in [0.5, 0.6) is 5.75 Å². The molecule has 0 aliphatic carbocycles. The number of aryl methyl sites for hydroxylation is 1. The van der Waals surface area contributed by atoms with Gasteiger partial charge in [-0.2, -0.15) is 0 Å². The second kappa shape index (κ2) is 8.91. The number of amides is 2. The first-order valence-electron chi connectivity index (χ1n) is 9.03. The molecule has 142 valence electrons. The number of hydrogen-bond acceptors (Lipinski definition) is 3. The maximum Gasteiger partial charge on any atom is 0.257 e. The predicted molar refractivity (Wildman–Crippen MR) is 105 cm³/mol. The Balaban J connectivity index is 1.51. The maximum atomic E-state index is 12.7. The molecule has 1 heterocycles. The molecule has 3 rings (SSSR count). The van der Waals surface area contributed by atoms with Crippen molar-refractivity contribution in [3.05, 3.63) is 64.7 Å². The molecule has 0 atom stereocenters. The van der Waals surface area contributed by atoms with Crippen LogP contribution < -0.4 is 4.74 Å².